The molecular formula is C11H21F3N4O2. The molecule has 2 unspecified atom stereocenters. The van der Waals surface area contributed by atoms with Gasteiger partial charge in [0.25, 0.3) is 0 Å². The van der Waals surface area contributed by atoms with Crippen molar-refractivity contribution in [2.24, 2.45) is 16.8 Å². The minimum absolute atomic E-state index is 0.148. The van der Waals surface area contributed by atoms with Gasteiger partial charge in [-0.3, -0.25) is 4.90 Å². The van der Waals surface area contributed by atoms with Crippen LogP contribution in [0.2, 0.25) is 0 Å². The maximum atomic E-state index is 12.7. The predicted molar refractivity (Wildman–Crippen MR) is 67.7 cm³/mol. The van der Waals surface area contributed by atoms with Crippen molar-refractivity contribution in [2.45, 2.75) is 19.2 Å². The largest absolute Gasteiger partial charge is 0.409 e. The molecule has 6 nitrogen and oxygen atoms in total. The van der Waals surface area contributed by atoms with Crippen molar-refractivity contribution >= 4 is 5.84 Å². The van der Waals surface area contributed by atoms with Crippen LogP contribution in [0.3, 0.4) is 0 Å². The third kappa shape index (κ3) is 5.14. The van der Waals surface area contributed by atoms with Gasteiger partial charge in [-0.15, -0.1) is 0 Å². The number of nitrogens with one attached hydrogen (secondary N) is 1. The first-order valence-electron chi connectivity index (χ1n) is 6.47. The number of morpholine rings is 1. The first-order valence-corrected chi connectivity index (χ1v) is 6.47. The Morgan fingerprint density at radius 1 is 1.60 bits per heavy atom. The number of halogens is 3. The Morgan fingerprint density at radius 3 is 2.85 bits per heavy atom. The Balaban J connectivity index is 2.41. The van der Waals surface area contributed by atoms with Crippen molar-refractivity contribution in [3.63, 3.8) is 0 Å². The van der Waals surface area contributed by atoms with E-state index in [1.165, 1.54) is 0 Å². The Kier molecular flexibility index (Phi) is 6.50. The molecule has 1 fully saturated rings. The van der Waals surface area contributed by atoms with Crippen molar-refractivity contribution in [3.05, 3.63) is 0 Å². The van der Waals surface area contributed by atoms with Crippen molar-refractivity contribution in [1.29, 1.82) is 0 Å². The van der Waals surface area contributed by atoms with Gasteiger partial charge in [-0.25, -0.2) is 0 Å². The number of alkyl halides is 3. The Morgan fingerprint density at radius 2 is 2.30 bits per heavy atom. The monoisotopic (exact) mass is 298 g/mol. The molecule has 1 aliphatic heterocycles. The van der Waals surface area contributed by atoms with Crippen LogP contribution in [0.1, 0.15) is 6.92 Å². The molecular weight excluding hydrogens is 277 g/mol. The summed E-state index contributed by atoms with van der Waals surface area (Å²) in [5, 5.41) is 13.5. The van der Waals surface area contributed by atoms with Gasteiger partial charge in [0.05, 0.1) is 12.7 Å². The summed E-state index contributed by atoms with van der Waals surface area (Å²) < 4.78 is 43.5. The van der Waals surface area contributed by atoms with Gasteiger partial charge in [0.15, 0.2) is 5.84 Å². The highest BCUT2D eigenvalue weighted by molar-refractivity contribution is 5.83. The molecule has 118 valence electrons. The zero-order valence-corrected chi connectivity index (χ0v) is 11.4. The van der Waals surface area contributed by atoms with E-state index in [-0.39, 0.29) is 6.10 Å². The van der Waals surface area contributed by atoms with E-state index in [2.05, 4.69) is 15.4 Å². The molecule has 1 saturated heterocycles. The Bertz CT molecular complexity index is 325. The van der Waals surface area contributed by atoms with Gasteiger partial charge < -0.3 is 21.0 Å². The number of hydrogen-bond donors (Lipinski definition) is 3. The van der Waals surface area contributed by atoms with Crippen LogP contribution < -0.4 is 11.1 Å². The van der Waals surface area contributed by atoms with Gasteiger partial charge in [-0.1, -0.05) is 12.1 Å². The minimum Gasteiger partial charge on any atom is -0.409 e. The number of nitrogens with two attached hydrogens (primary N) is 1. The van der Waals surface area contributed by atoms with Crippen LogP contribution in [-0.4, -0.2) is 67.6 Å². The lowest BCUT2D eigenvalue weighted by molar-refractivity contribution is -0.155. The molecule has 20 heavy (non-hydrogen) atoms. The van der Waals surface area contributed by atoms with E-state index in [4.69, 9.17) is 15.7 Å². The number of likely N-dealkylation sites (N-methyl/N-ethyl adjacent to an activating group) is 1. The zero-order chi connectivity index (χ0) is 15.2. The van der Waals surface area contributed by atoms with Gasteiger partial charge in [0.2, 0.25) is 0 Å². The van der Waals surface area contributed by atoms with E-state index in [1.54, 1.807) is 0 Å². The van der Waals surface area contributed by atoms with E-state index in [9.17, 15) is 13.2 Å². The lowest BCUT2D eigenvalue weighted by atomic mass is 10.1. The summed E-state index contributed by atoms with van der Waals surface area (Å²) in [6, 6.07) is 0. The van der Waals surface area contributed by atoms with E-state index in [0.717, 1.165) is 13.1 Å². The molecule has 1 aliphatic rings. The average molecular weight is 298 g/mol. The van der Waals surface area contributed by atoms with Crippen molar-refractivity contribution in [1.82, 2.24) is 10.2 Å². The fraction of sp³-hybridized carbons (Fsp3) is 0.909. The summed E-state index contributed by atoms with van der Waals surface area (Å²) >= 11 is 0. The molecule has 1 rings (SSSR count). The van der Waals surface area contributed by atoms with E-state index in [1.807, 2.05) is 6.92 Å². The van der Waals surface area contributed by atoms with Gasteiger partial charge >= 0.3 is 6.18 Å². The van der Waals surface area contributed by atoms with Crippen LogP contribution >= 0.6 is 0 Å². The first kappa shape index (κ1) is 17.0. The van der Waals surface area contributed by atoms with Crippen LogP contribution in [0.5, 0.6) is 0 Å². The predicted octanol–water partition coefficient (Wildman–Crippen LogP) is 0.222. The molecule has 0 amide bonds. The van der Waals surface area contributed by atoms with Crippen LogP contribution in [0.15, 0.2) is 5.16 Å². The maximum Gasteiger partial charge on any atom is 0.400 e. The third-order valence-corrected chi connectivity index (χ3v) is 3.26. The first-order chi connectivity index (χ1) is 9.38. The standard InChI is InChI=1S/C11H21F3N4O2/c1-2-18-3-4-20-8(7-18)5-16-6-9(10(15)17-19)11(12,13)14/h8-9,16,19H,2-7H2,1H3,(H2,15,17). The highest BCUT2D eigenvalue weighted by Crippen LogP contribution is 2.25. The quantitative estimate of drug-likeness (QED) is 0.283. The summed E-state index contributed by atoms with van der Waals surface area (Å²) in [6.45, 7) is 4.85. The lowest BCUT2D eigenvalue weighted by Crippen LogP contribution is -2.49. The highest BCUT2D eigenvalue weighted by Gasteiger charge is 2.42. The molecule has 0 aromatic heterocycles. The van der Waals surface area contributed by atoms with Gasteiger partial charge in [0, 0.05) is 26.2 Å². The average Bonchev–Trinajstić information content (AvgIpc) is 2.41. The highest BCUT2D eigenvalue weighted by atomic mass is 19.4. The minimum atomic E-state index is -4.55. The molecule has 0 bridgehead atoms. The molecule has 0 radical (unpaired) electrons. The number of nitrogens with zero attached hydrogens (tertiary/aromatic N) is 2. The maximum absolute atomic E-state index is 12.7. The molecule has 2 atom stereocenters. The summed E-state index contributed by atoms with van der Waals surface area (Å²) in [4.78, 5) is 2.17. The topological polar surface area (TPSA) is 83.1 Å². The summed E-state index contributed by atoms with van der Waals surface area (Å²) in [6.07, 6.45) is -4.70. The second-order valence-corrected chi connectivity index (χ2v) is 4.66. The SMILES string of the molecule is CCN1CCOC(CNCC(C(N)=NO)C(F)(F)F)C1. The molecule has 0 spiro atoms. The second kappa shape index (κ2) is 7.65. The van der Waals surface area contributed by atoms with Gasteiger partial charge in [-0.05, 0) is 6.54 Å². The second-order valence-electron chi connectivity index (χ2n) is 4.66. The number of ether oxygens (including phenoxy) is 1. The molecule has 4 N–H and O–H groups in total. The number of oxime groups is 1. The molecule has 9 heteroatoms. The van der Waals surface area contributed by atoms with Crippen LogP contribution in [0.4, 0.5) is 13.2 Å². The summed E-state index contributed by atoms with van der Waals surface area (Å²) in [5.74, 6) is -2.84. The fourth-order valence-corrected chi connectivity index (χ4v) is 2.04. The van der Waals surface area contributed by atoms with Crippen LogP contribution in [0, 0.1) is 5.92 Å². The Hall–Kier alpha value is -1.06. The smallest absolute Gasteiger partial charge is 0.400 e. The molecule has 0 aromatic rings. The zero-order valence-electron chi connectivity index (χ0n) is 11.4. The van der Waals surface area contributed by atoms with Crippen LogP contribution in [-0.2, 0) is 4.74 Å². The van der Waals surface area contributed by atoms with Crippen molar-refractivity contribution in [2.75, 3.05) is 39.3 Å². The lowest BCUT2D eigenvalue weighted by Gasteiger charge is -2.32. The molecule has 0 saturated carbocycles. The number of hydrogen-bond acceptors (Lipinski definition) is 5. The van der Waals surface area contributed by atoms with E-state index in [0.29, 0.717) is 19.7 Å². The van der Waals surface area contributed by atoms with Crippen molar-refractivity contribution in [3.8, 4) is 0 Å². The van der Waals surface area contributed by atoms with Gasteiger partial charge in [-0.2, -0.15) is 13.2 Å². The molecule has 1 heterocycles. The number of rotatable bonds is 6. The van der Waals surface area contributed by atoms with Crippen LogP contribution in [0.25, 0.3) is 0 Å². The number of amidine groups is 1. The summed E-state index contributed by atoms with van der Waals surface area (Å²) in [7, 11) is 0. The van der Waals surface area contributed by atoms with Gasteiger partial charge in [0.1, 0.15) is 5.92 Å². The normalized spacial score (nSPS) is 23.8. The molecule has 0 aliphatic carbocycles. The fourth-order valence-electron chi connectivity index (χ4n) is 2.04. The summed E-state index contributed by atoms with van der Waals surface area (Å²) in [5.41, 5.74) is 5.07. The van der Waals surface area contributed by atoms with E-state index >= 15 is 0 Å². The third-order valence-electron chi connectivity index (χ3n) is 3.26. The van der Waals surface area contributed by atoms with E-state index < -0.39 is 24.5 Å². The molecule has 0 aromatic carbocycles. The van der Waals surface area contributed by atoms with Crippen molar-refractivity contribution < 1.29 is 23.1 Å². The Labute approximate surface area is 115 Å².